The molecular formula is C16H19BrClFN2. The molecule has 1 fully saturated rings. The molecule has 21 heavy (non-hydrogen) atoms. The standard InChI is InChI=1S/C16H19BrClFN2/c1-3-11(6-10-4-5-10)21-15-7-12(17)13(19)8-14(15)20-16(21)9(2)18/h7-11H,3-6H2,1-2H3. The molecule has 114 valence electrons. The van der Waals surface area contributed by atoms with Gasteiger partial charge in [0.2, 0.25) is 0 Å². The molecule has 0 amide bonds. The fourth-order valence-corrected chi connectivity index (χ4v) is 3.45. The van der Waals surface area contributed by atoms with Crippen molar-refractivity contribution in [3.8, 4) is 0 Å². The van der Waals surface area contributed by atoms with Gasteiger partial charge in [-0.2, -0.15) is 0 Å². The maximum Gasteiger partial charge on any atom is 0.139 e. The predicted octanol–water partition coefficient (Wildman–Crippen LogP) is 5.99. The summed E-state index contributed by atoms with van der Waals surface area (Å²) in [6.07, 6.45) is 4.85. The van der Waals surface area contributed by atoms with Gasteiger partial charge in [0.1, 0.15) is 11.6 Å². The van der Waals surface area contributed by atoms with Crippen LogP contribution in [0.3, 0.4) is 0 Å². The van der Waals surface area contributed by atoms with Gasteiger partial charge in [-0.1, -0.05) is 19.8 Å². The summed E-state index contributed by atoms with van der Waals surface area (Å²) in [4.78, 5) is 4.58. The number of imidazole rings is 1. The number of hydrogen-bond donors (Lipinski definition) is 0. The molecule has 2 nitrogen and oxygen atoms in total. The van der Waals surface area contributed by atoms with Gasteiger partial charge in [0.05, 0.1) is 20.9 Å². The van der Waals surface area contributed by atoms with E-state index in [1.807, 2.05) is 13.0 Å². The SMILES string of the molecule is CCC(CC1CC1)n1c(C(C)Cl)nc2cc(F)c(Br)cc21. The zero-order chi connectivity index (χ0) is 15.1. The topological polar surface area (TPSA) is 17.8 Å². The lowest BCUT2D eigenvalue weighted by Crippen LogP contribution is -2.13. The van der Waals surface area contributed by atoms with Gasteiger partial charge in [0, 0.05) is 12.1 Å². The fourth-order valence-electron chi connectivity index (χ4n) is 2.97. The van der Waals surface area contributed by atoms with E-state index in [9.17, 15) is 4.39 Å². The Hall–Kier alpha value is -0.610. The number of alkyl halides is 1. The molecule has 2 aromatic rings. The van der Waals surface area contributed by atoms with Gasteiger partial charge in [0.25, 0.3) is 0 Å². The lowest BCUT2D eigenvalue weighted by atomic mass is 10.1. The third-order valence-corrected chi connectivity index (χ3v) is 5.06. The second-order valence-corrected chi connectivity index (χ2v) is 7.46. The van der Waals surface area contributed by atoms with Crippen molar-refractivity contribution < 1.29 is 4.39 Å². The maximum atomic E-state index is 13.8. The van der Waals surface area contributed by atoms with Gasteiger partial charge in [0.15, 0.2) is 0 Å². The average Bonchev–Trinajstić information content (AvgIpc) is 3.18. The van der Waals surface area contributed by atoms with Crippen molar-refractivity contribution in [1.29, 1.82) is 0 Å². The second kappa shape index (κ2) is 5.88. The van der Waals surface area contributed by atoms with E-state index in [2.05, 4.69) is 32.4 Å². The van der Waals surface area contributed by atoms with Gasteiger partial charge < -0.3 is 4.57 Å². The molecule has 1 aromatic carbocycles. The summed E-state index contributed by atoms with van der Waals surface area (Å²) in [6, 6.07) is 3.70. The molecule has 1 aliphatic carbocycles. The number of nitrogens with zero attached hydrogens (tertiary/aromatic N) is 2. The zero-order valence-electron chi connectivity index (χ0n) is 12.2. The number of rotatable bonds is 5. The molecular weight excluding hydrogens is 355 g/mol. The molecule has 0 bridgehead atoms. The van der Waals surface area contributed by atoms with E-state index in [1.165, 1.54) is 18.9 Å². The summed E-state index contributed by atoms with van der Waals surface area (Å²) < 4.78 is 16.5. The van der Waals surface area contributed by atoms with Gasteiger partial charge in [-0.25, -0.2) is 9.37 Å². The summed E-state index contributed by atoms with van der Waals surface area (Å²) in [6.45, 7) is 4.12. The average molecular weight is 374 g/mol. The molecule has 3 rings (SSSR count). The molecule has 1 aromatic heterocycles. The molecule has 1 aliphatic rings. The Kier molecular flexibility index (Phi) is 4.28. The first-order chi connectivity index (χ1) is 10.0. The fraction of sp³-hybridized carbons (Fsp3) is 0.562. The largest absolute Gasteiger partial charge is 0.324 e. The number of halogens is 3. The molecule has 1 heterocycles. The lowest BCUT2D eigenvalue weighted by Gasteiger charge is -2.21. The second-order valence-electron chi connectivity index (χ2n) is 5.95. The highest BCUT2D eigenvalue weighted by molar-refractivity contribution is 9.10. The van der Waals surface area contributed by atoms with E-state index in [4.69, 9.17) is 11.6 Å². The molecule has 2 atom stereocenters. The first-order valence-corrected chi connectivity index (χ1v) is 8.75. The van der Waals surface area contributed by atoms with Crippen LogP contribution in [0.1, 0.15) is 56.8 Å². The van der Waals surface area contributed by atoms with Gasteiger partial charge in [-0.05, 0) is 47.7 Å². The first-order valence-electron chi connectivity index (χ1n) is 7.52. The van der Waals surface area contributed by atoms with Crippen molar-refractivity contribution in [2.45, 2.75) is 50.9 Å². The van der Waals surface area contributed by atoms with Crippen LogP contribution >= 0.6 is 27.5 Å². The van der Waals surface area contributed by atoms with Crippen molar-refractivity contribution in [2.75, 3.05) is 0 Å². The Morgan fingerprint density at radius 1 is 1.48 bits per heavy atom. The van der Waals surface area contributed by atoms with Crippen LogP contribution in [0.15, 0.2) is 16.6 Å². The number of fused-ring (bicyclic) bond motifs is 1. The minimum Gasteiger partial charge on any atom is -0.324 e. The Bertz CT molecular complexity index is 664. The zero-order valence-corrected chi connectivity index (χ0v) is 14.6. The normalized spacial score (nSPS) is 18.1. The van der Waals surface area contributed by atoms with Crippen molar-refractivity contribution in [1.82, 2.24) is 9.55 Å². The summed E-state index contributed by atoms with van der Waals surface area (Å²) in [5.41, 5.74) is 1.66. The first kappa shape index (κ1) is 15.3. The quantitative estimate of drug-likeness (QED) is 0.589. The minimum atomic E-state index is -0.281. The molecule has 1 saturated carbocycles. The third kappa shape index (κ3) is 2.98. The Morgan fingerprint density at radius 2 is 2.19 bits per heavy atom. The Balaban J connectivity index is 2.16. The smallest absolute Gasteiger partial charge is 0.139 e. The van der Waals surface area contributed by atoms with E-state index in [1.54, 1.807) is 0 Å². The van der Waals surface area contributed by atoms with Crippen LogP contribution in [0.2, 0.25) is 0 Å². The molecule has 0 aliphatic heterocycles. The third-order valence-electron chi connectivity index (χ3n) is 4.25. The monoisotopic (exact) mass is 372 g/mol. The highest BCUT2D eigenvalue weighted by Gasteiger charge is 2.28. The van der Waals surface area contributed by atoms with Crippen LogP contribution in [0.5, 0.6) is 0 Å². The van der Waals surface area contributed by atoms with Crippen LogP contribution in [0.4, 0.5) is 4.39 Å². The van der Waals surface area contributed by atoms with Crippen LogP contribution in [-0.2, 0) is 0 Å². The lowest BCUT2D eigenvalue weighted by molar-refractivity contribution is 0.425. The van der Waals surface area contributed by atoms with Gasteiger partial charge >= 0.3 is 0 Å². The predicted molar refractivity (Wildman–Crippen MR) is 88.3 cm³/mol. The van der Waals surface area contributed by atoms with E-state index in [-0.39, 0.29) is 11.2 Å². The summed E-state index contributed by atoms with van der Waals surface area (Å²) in [5, 5.41) is -0.188. The van der Waals surface area contributed by atoms with E-state index < -0.39 is 0 Å². The van der Waals surface area contributed by atoms with Crippen molar-refractivity contribution in [3.63, 3.8) is 0 Å². The van der Waals surface area contributed by atoms with Crippen molar-refractivity contribution in [3.05, 3.63) is 28.2 Å². The summed E-state index contributed by atoms with van der Waals surface area (Å²) >= 11 is 9.61. The van der Waals surface area contributed by atoms with Gasteiger partial charge in [-0.15, -0.1) is 11.6 Å². The van der Waals surface area contributed by atoms with Crippen molar-refractivity contribution in [2.24, 2.45) is 5.92 Å². The van der Waals surface area contributed by atoms with Crippen LogP contribution < -0.4 is 0 Å². The minimum absolute atomic E-state index is 0.188. The van der Waals surface area contributed by atoms with Crippen LogP contribution in [0.25, 0.3) is 11.0 Å². The Morgan fingerprint density at radius 3 is 2.76 bits per heavy atom. The van der Waals surface area contributed by atoms with E-state index >= 15 is 0 Å². The highest BCUT2D eigenvalue weighted by atomic mass is 79.9. The van der Waals surface area contributed by atoms with Crippen molar-refractivity contribution >= 4 is 38.6 Å². The Labute approximate surface area is 137 Å². The number of benzene rings is 1. The van der Waals surface area contributed by atoms with Gasteiger partial charge in [-0.3, -0.25) is 0 Å². The van der Waals surface area contributed by atoms with E-state index in [0.717, 1.165) is 30.1 Å². The van der Waals surface area contributed by atoms with E-state index in [0.29, 0.717) is 16.0 Å². The maximum absolute atomic E-state index is 13.8. The molecule has 5 heteroatoms. The molecule has 0 saturated heterocycles. The number of hydrogen-bond acceptors (Lipinski definition) is 1. The molecule has 2 unspecified atom stereocenters. The van der Waals surface area contributed by atoms with Crippen LogP contribution in [-0.4, -0.2) is 9.55 Å². The molecule has 0 radical (unpaired) electrons. The molecule has 0 spiro atoms. The highest BCUT2D eigenvalue weighted by Crippen LogP contribution is 2.40. The summed E-state index contributed by atoms with van der Waals surface area (Å²) in [7, 11) is 0. The number of aromatic nitrogens is 2. The van der Waals surface area contributed by atoms with Crippen LogP contribution in [0, 0.1) is 11.7 Å². The summed E-state index contributed by atoms with van der Waals surface area (Å²) in [5.74, 6) is 1.39. The molecule has 0 N–H and O–H groups in total.